The van der Waals surface area contributed by atoms with E-state index in [1.165, 1.54) is 32.3 Å². The molecule has 0 spiro atoms. The number of fused-ring (bicyclic) bond motifs is 11. The molecule has 0 N–H and O–H groups in total. The lowest BCUT2D eigenvalue weighted by molar-refractivity contribution is 0.673. The van der Waals surface area contributed by atoms with Crippen LogP contribution in [0.2, 0.25) is 0 Å². The minimum Gasteiger partial charge on any atom is -0.455 e. The summed E-state index contributed by atoms with van der Waals surface area (Å²) in [5.74, 6) is 0.700. The number of benzene rings is 10. The van der Waals surface area contributed by atoms with Gasteiger partial charge in [-0.05, 0) is 90.3 Å². The zero-order valence-corrected chi connectivity index (χ0v) is 31.9. The number of nitrogens with zero attached hydrogens (tertiary/aromatic N) is 2. The molecule has 0 amide bonds. The van der Waals surface area contributed by atoms with E-state index >= 15 is 0 Å². The summed E-state index contributed by atoms with van der Waals surface area (Å²) in [7, 11) is 0. The number of hydrogen-bond acceptors (Lipinski definition) is 3. The van der Waals surface area contributed by atoms with E-state index < -0.39 is 0 Å². The van der Waals surface area contributed by atoms with E-state index in [-0.39, 0.29) is 0 Å². The predicted molar refractivity (Wildman–Crippen MR) is 247 cm³/mol. The SMILES string of the molecule is c1ccc(-c2cc(-c3cccc(-c4cc5c(oc6cccc(-c7ccc8c9ccccc9c9ccccc9c8c7)c65)c5ccccc45)c3)nc(-c3ccccc3)n2)cc1. The van der Waals surface area contributed by atoms with Crippen molar-refractivity contribution in [3.63, 3.8) is 0 Å². The van der Waals surface area contributed by atoms with Crippen LogP contribution in [0.1, 0.15) is 0 Å². The van der Waals surface area contributed by atoms with E-state index in [9.17, 15) is 0 Å². The highest BCUT2D eigenvalue weighted by atomic mass is 16.3. The molecule has 59 heavy (non-hydrogen) atoms. The van der Waals surface area contributed by atoms with Crippen molar-refractivity contribution in [2.24, 2.45) is 0 Å². The topological polar surface area (TPSA) is 38.9 Å². The number of aromatic nitrogens is 2. The second-order valence-corrected chi connectivity index (χ2v) is 15.3. The van der Waals surface area contributed by atoms with Crippen molar-refractivity contribution in [1.82, 2.24) is 9.97 Å². The Balaban J connectivity index is 1.06. The first-order chi connectivity index (χ1) is 29.2. The molecule has 274 valence electrons. The van der Waals surface area contributed by atoms with Crippen molar-refractivity contribution in [3.05, 3.63) is 206 Å². The van der Waals surface area contributed by atoms with E-state index in [2.05, 4.69) is 182 Å². The van der Waals surface area contributed by atoms with Gasteiger partial charge in [-0.3, -0.25) is 0 Å². The summed E-state index contributed by atoms with van der Waals surface area (Å²) in [5, 5.41) is 12.0. The third-order valence-corrected chi connectivity index (χ3v) is 11.9. The summed E-state index contributed by atoms with van der Waals surface area (Å²) in [6.45, 7) is 0. The zero-order chi connectivity index (χ0) is 38.9. The summed E-state index contributed by atoms with van der Waals surface area (Å²) < 4.78 is 6.82. The van der Waals surface area contributed by atoms with Crippen LogP contribution in [0.4, 0.5) is 0 Å². The lowest BCUT2D eigenvalue weighted by Gasteiger charge is -2.13. The Kier molecular flexibility index (Phi) is 7.54. The molecular weight excluding hydrogens is 717 g/mol. The fourth-order valence-electron chi connectivity index (χ4n) is 9.12. The van der Waals surface area contributed by atoms with Crippen molar-refractivity contribution >= 4 is 65.0 Å². The van der Waals surface area contributed by atoms with E-state index in [4.69, 9.17) is 14.4 Å². The highest BCUT2D eigenvalue weighted by molar-refractivity contribution is 6.27. The van der Waals surface area contributed by atoms with Crippen LogP contribution in [0.5, 0.6) is 0 Å². The first-order valence-corrected chi connectivity index (χ1v) is 20.1. The highest BCUT2D eigenvalue weighted by Gasteiger charge is 2.19. The Labute approximate surface area is 340 Å². The molecular formula is C56H34N2O. The summed E-state index contributed by atoms with van der Waals surface area (Å²) in [6, 6.07) is 73.3. The number of hydrogen-bond donors (Lipinski definition) is 0. The summed E-state index contributed by atoms with van der Waals surface area (Å²) >= 11 is 0. The Morgan fingerprint density at radius 3 is 1.53 bits per heavy atom. The molecule has 2 aromatic heterocycles. The molecule has 0 saturated carbocycles. The molecule has 0 aliphatic rings. The average molecular weight is 751 g/mol. The van der Waals surface area contributed by atoms with Gasteiger partial charge in [0.1, 0.15) is 11.2 Å². The molecule has 3 nitrogen and oxygen atoms in total. The second-order valence-electron chi connectivity index (χ2n) is 15.3. The molecule has 0 unspecified atom stereocenters. The maximum Gasteiger partial charge on any atom is 0.160 e. The minimum absolute atomic E-state index is 0.700. The molecule has 0 atom stereocenters. The van der Waals surface area contributed by atoms with Gasteiger partial charge in [-0.2, -0.15) is 0 Å². The van der Waals surface area contributed by atoms with Gasteiger partial charge in [0, 0.05) is 32.8 Å². The lowest BCUT2D eigenvalue weighted by atomic mass is 9.90. The van der Waals surface area contributed by atoms with Gasteiger partial charge in [-0.1, -0.05) is 176 Å². The zero-order valence-electron chi connectivity index (χ0n) is 31.9. The van der Waals surface area contributed by atoms with Crippen molar-refractivity contribution in [1.29, 1.82) is 0 Å². The van der Waals surface area contributed by atoms with Gasteiger partial charge in [0.2, 0.25) is 0 Å². The van der Waals surface area contributed by atoms with Crippen LogP contribution >= 0.6 is 0 Å². The molecule has 0 aliphatic heterocycles. The van der Waals surface area contributed by atoms with Crippen molar-refractivity contribution in [3.8, 4) is 56.2 Å². The molecule has 0 saturated heterocycles. The van der Waals surface area contributed by atoms with Crippen molar-refractivity contribution in [2.45, 2.75) is 0 Å². The van der Waals surface area contributed by atoms with E-state index in [1.54, 1.807) is 0 Å². The van der Waals surface area contributed by atoms with Crippen molar-refractivity contribution < 1.29 is 4.42 Å². The van der Waals surface area contributed by atoms with Gasteiger partial charge in [-0.25, -0.2) is 9.97 Å². The van der Waals surface area contributed by atoms with Crippen LogP contribution in [0.3, 0.4) is 0 Å². The van der Waals surface area contributed by atoms with Crippen LogP contribution in [0.15, 0.2) is 211 Å². The quantitative estimate of drug-likeness (QED) is 0.164. The Morgan fingerprint density at radius 2 is 0.814 bits per heavy atom. The minimum atomic E-state index is 0.700. The number of rotatable bonds is 5. The predicted octanol–water partition coefficient (Wildman–Crippen LogP) is 15.3. The van der Waals surface area contributed by atoms with Gasteiger partial charge >= 0.3 is 0 Å². The van der Waals surface area contributed by atoms with Crippen LogP contribution in [0, 0.1) is 0 Å². The smallest absolute Gasteiger partial charge is 0.160 e. The van der Waals surface area contributed by atoms with E-state index in [0.29, 0.717) is 5.82 Å². The monoisotopic (exact) mass is 750 g/mol. The van der Waals surface area contributed by atoms with Crippen LogP contribution in [-0.2, 0) is 0 Å². The molecule has 2 heterocycles. The standard InChI is InChI=1S/C56H34N2O/c1-3-15-35(16-4-1)51-34-52(58-56(57-51)36-17-5-2-6-18-36)39-20-13-19-37(31-39)48-33-50-54-40(27-14-28-53(54)59-55(50)47-26-12-11-25-45(47)48)38-29-30-46-43-23-8-7-21-41(43)42-22-9-10-24-44(42)49(46)32-38/h1-34H. The van der Waals surface area contributed by atoms with Crippen LogP contribution < -0.4 is 0 Å². The van der Waals surface area contributed by atoms with E-state index in [1.807, 2.05) is 24.3 Å². The van der Waals surface area contributed by atoms with Gasteiger partial charge in [-0.15, -0.1) is 0 Å². The maximum absolute atomic E-state index is 6.82. The summed E-state index contributed by atoms with van der Waals surface area (Å²) in [5.41, 5.74) is 11.2. The first-order valence-electron chi connectivity index (χ1n) is 20.1. The van der Waals surface area contributed by atoms with Crippen LogP contribution in [-0.4, -0.2) is 9.97 Å². The molecule has 10 aromatic carbocycles. The Hall–Kier alpha value is -7.88. The normalized spacial score (nSPS) is 11.7. The van der Waals surface area contributed by atoms with E-state index in [0.717, 1.165) is 83.0 Å². The fraction of sp³-hybridized carbons (Fsp3) is 0. The summed E-state index contributed by atoms with van der Waals surface area (Å²) in [4.78, 5) is 10.2. The average Bonchev–Trinajstić information content (AvgIpc) is 3.71. The largest absolute Gasteiger partial charge is 0.455 e. The highest BCUT2D eigenvalue weighted by Crippen LogP contribution is 2.45. The second kappa shape index (κ2) is 13.4. The Morgan fingerprint density at radius 1 is 0.288 bits per heavy atom. The van der Waals surface area contributed by atoms with Gasteiger partial charge < -0.3 is 4.42 Å². The Bertz CT molecular complexity index is 3510. The van der Waals surface area contributed by atoms with Gasteiger partial charge in [0.15, 0.2) is 5.82 Å². The van der Waals surface area contributed by atoms with Gasteiger partial charge in [0.25, 0.3) is 0 Å². The fourth-order valence-corrected chi connectivity index (χ4v) is 9.12. The third kappa shape index (κ3) is 5.44. The lowest BCUT2D eigenvalue weighted by Crippen LogP contribution is -1.96. The maximum atomic E-state index is 6.82. The first kappa shape index (κ1) is 33.3. The van der Waals surface area contributed by atoms with Gasteiger partial charge in [0.05, 0.1) is 11.4 Å². The molecule has 12 aromatic rings. The molecule has 0 radical (unpaired) electrons. The molecule has 3 heteroatoms. The molecule has 0 bridgehead atoms. The third-order valence-electron chi connectivity index (χ3n) is 11.9. The van der Waals surface area contributed by atoms with Crippen LogP contribution in [0.25, 0.3) is 121 Å². The summed E-state index contributed by atoms with van der Waals surface area (Å²) in [6.07, 6.45) is 0. The molecule has 12 rings (SSSR count). The molecule has 0 aliphatic carbocycles. The molecule has 0 fully saturated rings. The number of furan rings is 1. The van der Waals surface area contributed by atoms with Crippen molar-refractivity contribution in [2.75, 3.05) is 0 Å².